The summed E-state index contributed by atoms with van der Waals surface area (Å²) in [5.74, 6) is 0.700. The minimum Gasteiger partial charge on any atom is -0.360 e. The molecule has 1 aliphatic heterocycles. The summed E-state index contributed by atoms with van der Waals surface area (Å²) in [5.41, 5.74) is 2.01. The van der Waals surface area contributed by atoms with Gasteiger partial charge in [-0.15, -0.1) is 11.8 Å². The van der Waals surface area contributed by atoms with Gasteiger partial charge in [0.2, 0.25) is 5.91 Å². The smallest absolute Gasteiger partial charge is 0.239 e. The van der Waals surface area contributed by atoms with Gasteiger partial charge in [0.1, 0.15) is 5.82 Å². The number of nitrogens with zero attached hydrogens (tertiary/aromatic N) is 1. The molecule has 1 heterocycles. The van der Waals surface area contributed by atoms with Gasteiger partial charge in [-0.25, -0.2) is 4.39 Å². The number of carbonyl (C=O) groups is 1. The molecule has 2 aromatic rings. The Morgan fingerprint density at radius 2 is 1.95 bits per heavy atom. The summed E-state index contributed by atoms with van der Waals surface area (Å²) in [6.07, 6.45) is 0. The zero-order valence-corrected chi connectivity index (χ0v) is 12.9. The zero-order valence-electron chi connectivity index (χ0n) is 12.1. The van der Waals surface area contributed by atoms with Crippen molar-refractivity contribution in [3.05, 3.63) is 59.9 Å². The molecule has 2 aromatic carbocycles. The average Bonchev–Trinajstić information content (AvgIpc) is 2.55. The maximum atomic E-state index is 12.8. The van der Waals surface area contributed by atoms with E-state index in [2.05, 4.69) is 22.3 Å². The van der Waals surface area contributed by atoms with Crippen LogP contribution in [0.15, 0.2) is 53.4 Å². The third kappa shape index (κ3) is 3.60. The standard InChI is InChI=1S/C17H17FN2OS/c18-14-7-5-13(6-8-14)11-19-17(21)12-20-9-10-22-16-4-2-1-3-15(16)20/h1-8H,9-12H2,(H,19,21). The van der Waals surface area contributed by atoms with Gasteiger partial charge in [0.15, 0.2) is 0 Å². The lowest BCUT2D eigenvalue weighted by molar-refractivity contribution is -0.119. The Morgan fingerprint density at radius 1 is 1.18 bits per heavy atom. The molecule has 0 saturated heterocycles. The maximum Gasteiger partial charge on any atom is 0.239 e. The highest BCUT2D eigenvalue weighted by Crippen LogP contribution is 2.33. The van der Waals surface area contributed by atoms with Crippen molar-refractivity contribution in [1.82, 2.24) is 5.32 Å². The number of benzene rings is 2. The summed E-state index contributed by atoms with van der Waals surface area (Å²) in [6.45, 7) is 1.63. The van der Waals surface area contributed by atoms with E-state index in [1.807, 2.05) is 23.9 Å². The van der Waals surface area contributed by atoms with Crippen molar-refractivity contribution >= 4 is 23.4 Å². The molecule has 5 heteroatoms. The van der Waals surface area contributed by atoms with Crippen molar-refractivity contribution < 1.29 is 9.18 Å². The van der Waals surface area contributed by atoms with E-state index in [0.29, 0.717) is 13.1 Å². The molecule has 0 saturated carbocycles. The van der Waals surface area contributed by atoms with Gasteiger partial charge in [-0.3, -0.25) is 4.79 Å². The number of fused-ring (bicyclic) bond motifs is 1. The SMILES string of the molecule is O=C(CN1CCSc2ccccc21)NCc1ccc(F)cc1. The maximum absolute atomic E-state index is 12.8. The second kappa shape index (κ2) is 6.83. The molecule has 0 fully saturated rings. The lowest BCUT2D eigenvalue weighted by Crippen LogP contribution is -2.39. The normalized spacial score (nSPS) is 13.6. The predicted octanol–water partition coefficient (Wildman–Crippen LogP) is 3.05. The molecular formula is C17H17FN2OS. The highest BCUT2D eigenvalue weighted by molar-refractivity contribution is 7.99. The van der Waals surface area contributed by atoms with Crippen LogP contribution in [0.3, 0.4) is 0 Å². The number of amides is 1. The third-order valence-corrected chi connectivity index (χ3v) is 4.61. The van der Waals surface area contributed by atoms with Gasteiger partial charge in [-0.05, 0) is 29.8 Å². The van der Waals surface area contributed by atoms with Crippen molar-refractivity contribution in [2.24, 2.45) is 0 Å². The van der Waals surface area contributed by atoms with Crippen molar-refractivity contribution in [1.29, 1.82) is 0 Å². The van der Waals surface area contributed by atoms with Crippen LogP contribution >= 0.6 is 11.8 Å². The van der Waals surface area contributed by atoms with Crippen molar-refractivity contribution in [3.63, 3.8) is 0 Å². The molecule has 0 bridgehead atoms. The van der Waals surface area contributed by atoms with E-state index in [4.69, 9.17) is 0 Å². The number of nitrogens with one attached hydrogen (secondary N) is 1. The van der Waals surface area contributed by atoms with E-state index in [1.54, 1.807) is 12.1 Å². The molecule has 1 amide bonds. The molecule has 3 rings (SSSR count). The number of hydrogen-bond donors (Lipinski definition) is 1. The summed E-state index contributed by atoms with van der Waals surface area (Å²) < 4.78 is 12.8. The van der Waals surface area contributed by atoms with Crippen LogP contribution in [0, 0.1) is 5.82 Å². The van der Waals surface area contributed by atoms with E-state index in [0.717, 1.165) is 23.5 Å². The Bertz CT molecular complexity index is 660. The number of halogens is 1. The first-order chi connectivity index (χ1) is 10.7. The van der Waals surface area contributed by atoms with Gasteiger partial charge in [0.05, 0.1) is 12.2 Å². The first-order valence-electron chi connectivity index (χ1n) is 7.20. The second-order valence-electron chi connectivity index (χ2n) is 5.14. The Labute approximate surface area is 133 Å². The fourth-order valence-corrected chi connectivity index (χ4v) is 3.47. The van der Waals surface area contributed by atoms with E-state index in [-0.39, 0.29) is 11.7 Å². The van der Waals surface area contributed by atoms with Gasteiger partial charge in [-0.1, -0.05) is 24.3 Å². The highest BCUT2D eigenvalue weighted by atomic mass is 32.2. The van der Waals surface area contributed by atoms with Crippen LogP contribution in [-0.4, -0.2) is 24.7 Å². The summed E-state index contributed by atoms with van der Waals surface area (Å²) in [4.78, 5) is 15.5. The summed E-state index contributed by atoms with van der Waals surface area (Å²) >= 11 is 1.82. The third-order valence-electron chi connectivity index (χ3n) is 3.56. The quantitative estimate of drug-likeness (QED) is 0.941. The van der Waals surface area contributed by atoms with Gasteiger partial charge in [-0.2, -0.15) is 0 Å². The van der Waals surface area contributed by atoms with Gasteiger partial charge >= 0.3 is 0 Å². The number of hydrogen-bond acceptors (Lipinski definition) is 3. The number of rotatable bonds is 4. The van der Waals surface area contributed by atoms with Crippen LogP contribution in [-0.2, 0) is 11.3 Å². The first-order valence-corrected chi connectivity index (χ1v) is 8.19. The van der Waals surface area contributed by atoms with Crippen LogP contribution in [0.1, 0.15) is 5.56 Å². The monoisotopic (exact) mass is 316 g/mol. The summed E-state index contributed by atoms with van der Waals surface area (Å²) in [7, 11) is 0. The highest BCUT2D eigenvalue weighted by Gasteiger charge is 2.18. The number of carbonyl (C=O) groups excluding carboxylic acids is 1. The molecule has 0 radical (unpaired) electrons. The fraction of sp³-hybridized carbons (Fsp3) is 0.235. The molecule has 0 aromatic heterocycles. The minimum absolute atomic E-state index is 0.0222. The topological polar surface area (TPSA) is 32.3 Å². The second-order valence-corrected chi connectivity index (χ2v) is 6.28. The number of para-hydroxylation sites is 1. The minimum atomic E-state index is -0.266. The Hall–Kier alpha value is -2.01. The van der Waals surface area contributed by atoms with Gasteiger partial charge < -0.3 is 10.2 Å². The van der Waals surface area contributed by atoms with Crippen LogP contribution in [0.2, 0.25) is 0 Å². The Kier molecular flexibility index (Phi) is 4.63. The van der Waals surface area contributed by atoms with E-state index >= 15 is 0 Å². The largest absolute Gasteiger partial charge is 0.360 e. The molecule has 0 spiro atoms. The molecule has 1 N–H and O–H groups in total. The Balaban J connectivity index is 1.57. The lowest BCUT2D eigenvalue weighted by atomic mass is 10.2. The number of thioether (sulfide) groups is 1. The van der Waals surface area contributed by atoms with Gasteiger partial charge in [0, 0.05) is 23.7 Å². The van der Waals surface area contributed by atoms with Crippen LogP contribution in [0.4, 0.5) is 10.1 Å². The van der Waals surface area contributed by atoms with Crippen LogP contribution < -0.4 is 10.2 Å². The van der Waals surface area contributed by atoms with Crippen molar-refractivity contribution in [3.8, 4) is 0 Å². The van der Waals surface area contributed by atoms with Crippen molar-refractivity contribution in [2.45, 2.75) is 11.4 Å². The molecule has 114 valence electrons. The molecular weight excluding hydrogens is 299 g/mol. The first kappa shape index (κ1) is 14.9. The average molecular weight is 316 g/mol. The molecule has 1 aliphatic rings. The molecule has 0 unspecified atom stereocenters. The molecule has 22 heavy (non-hydrogen) atoms. The molecule has 0 atom stereocenters. The zero-order chi connectivity index (χ0) is 15.4. The van der Waals surface area contributed by atoms with E-state index in [1.165, 1.54) is 17.0 Å². The predicted molar refractivity (Wildman–Crippen MR) is 87.6 cm³/mol. The van der Waals surface area contributed by atoms with Crippen LogP contribution in [0.5, 0.6) is 0 Å². The van der Waals surface area contributed by atoms with E-state index in [9.17, 15) is 9.18 Å². The number of anilines is 1. The van der Waals surface area contributed by atoms with Crippen LogP contribution in [0.25, 0.3) is 0 Å². The molecule has 0 aliphatic carbocycles. The van der Waals surface area contributed by atoms with Gasteiger partial charge in [0.25, 0.3) is 0 Å². The Morgan fingerprint density at radius 3 is 2.77 bits per heavy atom. The summed E-state index contributed by atoms with van der Waals surface area (Å²) in [5, 5.41) is 2.89. The molecule has 3 nitrogen and oxygen atoms in total. The summed E-state index contributed by atoms with van der Waals surface area (Å²) in [6, 6.07) is 14.3. The van der Waals surface area contributed by atoms with E-state index < -0.39 is 0 Å². The lowest BCUT2D eigenvalue weighted by Gasteiger charge is -2.30. The fourth-order valence-electron chi connectivity index (χ4n) is 2.42. The van der Waals surface area contributed by atoms with Crippen molar-refractivity contribution in [2.75, 3.05) is 23.7 Å².